The maximum absolute atomic E-state index is 11.2. The third-order valence-corrected chi connectivity index (χ3v) is 2.12. The zero-order chi connectivity index (χ0) is 10.4. The molecule has 14 heavy (non-hydrogen) atoms. The van der Waals surface area contributed by atoms with Crippen molar-refractivity contribution in [2.75, 3.05) is 6.61 Å². The summed E-state index contributed by atoms with van der Waals surface area (Å²) in [4.78, 5) is 11.2. The minimum absolute atomic E-state index is 0.337. The minimum atomic E-state index is -0.337. The van der Waals surface area contributed by atoms with E-state index in [-0.39, 0.29) is 5.97 Å². The molecule has 0 spiro atoms. The van der Waals surface area contributed by atoms with E-state index in [4.69, 9.17) is 4.74 Å². The number of hydrogen-bond donors (Lipinski definition) is 0. The van der Waals surface area contributed by atoms with E-state index < -0.39 is 0 Å². The molecule has 0 fully saturated rings. The molecular formula is C11H11BrO2. The molecule has 0 aromatic heterocycles. The number of ether oxygens (including phenoxy) is 1. The Morgan fingerprint density at radius 3 is 2.64 bits per heavy atom. The summed E-state index contributed by atoms with van der Waals surface area (Å²) in [5.41, 5.74) is 0.965. The van der Waals surface area contributed by atoms with Gasteiger partial charge in [0.05, 0.1) is 6.61 Å². The first-order valence-electron chi connectivity index (χ1n) is 4.33. The number of esters is 1. The van der Waals surface area contributed by atoms with E-state index in [9.17, 15) is 4.79 Å². The third-order valence-electron chi connectivity index (χ3n) is 1.56. The SMILES string of the molecule is CCOC(=O)C(Br)=Cc1ccccc1. The van der Waals surface area contributed by atoms with Crippen LogP contribution in [0.4, 0.5) is 0 Å². The Morgan fingerprint density at radius 2 is 2.07 bits per heavy atom. The highest BCUT2D eigenvalue weighted by molar-refractivity contribution is 9.12. The van der Waals surface area contributed by atoms with Crippen molar-refractivity contribution in [1.29, 1.82) is 0 Å². The lowest BCUT2D eigenvalue weighted by Crippen LogP contribution is -2.02. The summed E-state index contributed by atoms with van der Waals surface area (Å²) in [6, 6.07) is 9.59. The molecule has 0 atom stereocenters. The van der Waals surface area contributed by atoms with Crippen LogP contribution < -0.4 is 0 Å². The average molecular weight is 255 g/mol. The second-order valence-corrected chi connectivity index (χ2v) is 3.48. The van der Waals surface area contributed by atoms with Gasteiger partial charge in [0, 0.05) is 0 Å². The van der Waals surface area contributed by atoms with Gasteiger partial charge >= 0.3 is 5.97 Å². The van der Waals surface area contributed by atoms with Gasteiger partial charge < -0.3 is 4.74 Å². The molecule has 0 aliphatic carbocycles. The van der Waals surface area contributed by atoms with Crippen molar-refractivity contribution in [2.45, 2.75) is 6.92 Å². The molecule has 0 amide bonds. The van der Waals surface area contributed by atoms with E-state index >= 15 is 0 Å². The van der Waals surface area contributed by atoms with Crippen LogP contribution in [0.1, 0.15) is 12.5 Å². The van der Waals surface area contributed by atoms with E-state index in [1.54, 1.807) is 13.0 Å². The quantitative estimate of drug-likeness (QED) is 0.613. The van der Waals surface area contributed by atoms with Gasteiger partial charge in [-0.3, -0.25) is 0 Å². The fourth-order valence-electron chi connectivity index (χ4n) is 0.955. The van der Waals surface area contributed by atoms with Crippen molar-refractivity contribution in [3.8, 4) is 0 Å². The minimum Gasteiger partial charge on any atom is -0.462 e. The first-order valence-corrected chi connectivity index (χ1v) is 5.12. The lowest BCUT2D eigenvalue weighted by atomic mass is 10.2. The zero-order valence-corrected chi connectivity index (χ0v) is 9.45. The normalized spacial score (nSPS) is 11.1. The number of hydrogen-bond acceptors (Lipinski definition) is 2. The lowest BCUT2D eigenvalue weighted by Gasteiger charge is -1.99. The van der Waals surface area contributed by atoms with E-state index in [1.165, 1.54) is 0 Å². The van der Waals surface area contributed by atoms with Gasteiger partial charge in [-0.25, -0.2) is 4.79 Å². The highest BCUT2D eigenvalue weighted by Crippen LogP contribution is 2.13. The smallest absolute Gasteiger partial charge is 0.345 e. The van der Waals surface area contributed by atoms with Crippen molar-refractivity contribution in [1.82, 2.24) is 0 Å². The van der Waals surface area contributed by atoms with Gasteiger partial charge in [-0.15, -0.1) is 0 Å². The molecule has 1 aromatic carbocycles. The maximum atomic E-state index is 11.2. The fraction of sp³-hybridized carbons (Fsp3) is 0.182. The Morgan fingerprint density at radius 1 is 1.43 bits per heavy atom. The highest BCUT2D eigenvalue weighted by Gasteiger charge is 2.05. The van der Waals surface area contributed by atoms with Crippen LogP contribution in [-0.4, -0.2) is 12.6 Å². The third kappa shape index (κ3) is 3.34. The van der Waals surface area contributed by atoms with Crippen LogP contribution in [0.2, 0.25) is 0 Å². The van der Waals surface area contributed by atoms with Crippen LogP contribution in [0.3, 0.4) is 0 Å². The molecule has 0 aliphatic heterocycles. The molecule has 3 heteroatoms. The molecule has 0 heterocycles. The standard InChI is InChI=1S/C11H11BrO2/c1-2-14-11(13)10(12)8-9-6-4-3-5-7-9/h3-8H,2H2,1H3. The van der Waals surface area contributed by atoms with Gasteiger partial charge in [-0.2, -0.15) is 0 Å². The number of halogens is 1. The number of rotatable bonds is 3. The fourth-order valence-corrected chi connectivity index (χ4v) is 1.33. The lowest BCUT2D eigenvalue weighted by molar-refractivity contribution is -0.137. The summed E-state index contributed by atoms with van der Waals surface area (Å²) in [6.45, 7) is 2.16. The van der Waals surface area contributed by atoms with Gasteiger partial charge in [-0.05, 0) is 34.5 Å². The first-order chi connectivity index (χ1) is 6.74. The van der Waals surface area contributed by atoms with Gasteiger partial charge in [0.25, 0.3) is 0 Å². The second kappa shape index (κ2) is 5.60. The van der Waals surface area contributed by atoms with E-state index in [0.29, 0.717) is 11.1 Å². The van der Waals surface area contributed by atoms with Crippen LogP contribution in [-0.2, 0) is 9.53 Å². The average Bonchev–Trinajstić information content (AvgIpc) is 2.19. The number of carbonyl (C=O) groups excluding carboxylic acids is 1. The van der Waals surface area contributed by atoms with E-state index in [1.807, 2.05) is 30.3 Å². The molecule has 0 bridgehead atoms. The summed E-state index contributed by atoms with van der Waals surface area (Å²) < 4.78 is 5.26. The molecule has 74 valence electrons. The molecule has 0 saturated carbocycles. The number of carbonyl (C=O) groups is 1. The molecule has 0 radical (unpaired) electrons. The Bertz CT molecular complexity index is 330. The van der Waals surface area contributed by atoms with Gasteiger partial charge in [0.2, 0.25) is 0 Å². The summed E-state index contributed by atoms with van der Waals surface area (Å²) in [5, 5.41) is 0. The predicted molar refractivity (Wildman–Crippen MR) is 60.0 cm³/mol. The summed E-state index contributed by atoms with van der Waals surface area (Å²) in [6.07, 6.45) is 1.73. The Labute approximate surface area is 91.7 Å². The highest BCUT2D eigenvalue weighted by atomic mass is 79.9. The topological polar surface area (TPSA) is 26.3 Å². The Kier molecular flexibility index (Phi) is 4.40. The Hall–Kier alpha value is -1.09. The molecule has 0 aliphatic rings. The molecule has 0 N–H and O–H groups in total. The van der Waals surface area contributed by atoms with Crippen molar-refractivity contribution in [3.63, 3.8) is 0 Å². The van der Waals surface area contributed by atoms with Crippen LogP contribution in [0.15, 0.2) is 34.8 Å². The van der Waals surface area contributed by atoms with Crippen molar-refractivity contribution >= 4 is 28.0 Å². The van der Waals surface area contributed by atoms with Gasteiger partial charge in [0.15, 0.2) is 0 Å². The summed E-state index contributed by atoms with van der Waals surface area (Å²) >= 11 is 3.17. The molecule has 1 aromatic rings. The number of benzene rings is 1. The zero-order valence-electron chi connectivity index (χ0n) is 7.87. The molecule has 0 saturated heterocycles. The van der Waals surface area contributed by atoms with Crippen molar-refractivity contribution < 1.29 is 9.53 Å². The second-order valence-electron chi connectivity index (χ2n) is 2.62. The maximum Gasteiger partial charge on any atom is 0.345 e. The molecule has 1 rings (SSSR count). The Balaban J connectivity index is 2.74. The molecule has 2 nitrogen and oxygen atoms in total. The van der Waals surface area contributed by atoms with Crippen LogP contribution >= 0.6 is 15.9 Å². The van der Waals surface area contributed by atoms with Crippen LogP contribution in [0, 0.1) is 0 Å². The van der Waals surface area contributed by atoms with E-state index in [0.717, 1.165) is 5.56 Å². The van der Waals surface area contributed by atoms with E-state index in [2.05, 4.69) is 15.9 Å². The van der Waals surface area contributed by atoms with Crippen molar-refractivity contribution in [3.05, 3.63) is 40.4 Å². The predicted octanol–water partition coefficient (Wildman–Crippen LogP) is 2.99. The van der Waals surface area contributed by atoms with Gasteiger partial charge in [-0.1, -0.05) is 30.3 Å². The monoisotopic (exact) mass is 254 g/mol. The van der Waals surface area contributed by atoms with Crippen molar-refractivity contribution in [2.24, 2.45) is 0 Å². The summed E-state index contributed by atoms with van der Waals surface area (Å²) in [7, 11) is 0. The van der Waals surface area contributed by atoms with Crippen LogP contribution in [0.25, 0.3) is 6.08 Å². The molecule has 0 unspecified atom stereocenters. The van der Waals surface area contributed by atoms with Gasteiger partial charge in [0.1, 0.15) is 4.48 Å². The summed E-state index contributed by atoms with van der Waals surface area (Å²) in [5.74, 6) is -0.337. The van der Waals surface area contributed by atoms with Crippen LogP contribution in [0.5, 0.6) is 0 Å². The molecular weight excluding hydrogens is 244 g/mol. The largest absolute Gasteiger partial charge is 0.462 e. The first kappa shape index (κ1) is 11.0.